The predicted molar refractivity (Wildman–Crippen MR) is 119 cm³/mol. The molecular weight excluding hydrogens is 408 g/mol. The fraction of sp³-hybridized carbons (Fsp3) is 0.167. The molecule has 0 aliphatic carbocycles. The second-order valence-electron chi connectivity index (χ2n) is 7.55. The van der Waals surface area contributed by atoms with Crippen LogP contribution in [-0.2, 0) is 11.2 Å². The number of H-pyrrole nitrogens is 1. The van der Waals surface area contributed by atoms with Crippen molar-refractivity contribution >= 4 is 22.9 Å². The average Bonchev–Trinajstić information content (AvgIpc) is 3.28. The van der Waals surface area contributed by atoms with Crippen molar-refractivity contribution in [1.29, 1.82) is 0 Å². The Labute approximate surface area is 183 Å². The van der Waals surface area contributed by atoms with Gasteiger partial charge in [0, 0.05) is 18.0 Å². The summed E-state index contributed by atoms with van der Waals surface area (Å²) in [5, 5.41) is 32.3. The van der Waals surface area contributed by atoms with Crippen LogP contribution in [0, 0.1) is 0 Å². The van der Waals surface area contributed by atoms with E-state index in [0.29, 0.717) is 23.0 Å². The molecule has 1 aromatic heterocycles. The highest BCUT2D eigenvalue weighted by atomic mass is 16.4. The molecule has 2 atom stereocenters. The molecule has 32 heavy (non-hydrogen) atoms. The number of hydrogen-bond donors (Lipinski definition) is 4. The molecule has 4 N–H and O–H groups in total. The molecule has 0 saturated heterocycles. The lowest BCUT2D eigenvalue weighted by molar-refractivity contribution is -0.147. The van der Waals surface area contributed by atoms with Crippen molar-refractivity contribution < 1.29 is 19.8 Å². The molecule has 162 valence electrons. The van der Waals surface area contributed by atoms with E-state index < -0.39 is 18.1 Å². The number of fused-ring (bicyclic) bond motifs is 1. The Morgan fingerprint density at radius 1 is 0.906 bits per heavy atom. The van der Waals surface area contributed by atoms with Gasteiger partial charge >= 0.3 is 5.97 Å². The maximum atomic E-state index is 12.8. The summed E-state index contributed by atoms with van der Waals surface area (Å²) in [6.07, 6.45) is -1.33. The molecule has 0 bridgehead atoms. The van der Waals surface area contributed by atoms with E-state index in [1.807, 2.05) is 54.6 Å². The summed E-state index contributed by atoms with van der Waals surface area (Å²) in [7, 11) is 0. The molecule has 3 aromatic carbocycles. The first-order valence-electron chi connectivity index (χ1n) is 10.2. The largest absolute Gasteiger partial charge is 0.479 e. The Hall–Kier alpha value is -4.04. The van der Waals surface area contributed by atoms with Gasteiger partial charge in [0.1, 0.15) is 11.0 Å². The molecule has 0 aliphatic heterocycles. The fourth-order valence-corrected chi connectivity index (χ4v) is 3.56. The lowest BCUT2D eigenvalue weighted by Gasteiger charge is -2.20. The number of aromatic amines is 1. The van der Waals surface area contributed by atoms with Gasteiger partial charge in [0.2, 0.25) is 0 Å². The van der Waals surface area contributed by atoms with E-state index in [1.54, 1.807) is 18.2 Å². The number of nitrogens with one attached hydrogen (secondary N) is 2. The van der Waals surface area contributed by atoms with Gasteiger partial charge in [0.25, 0.3) is 5.91 Å². The number of carboxylic acids is 1. The summed E-state index contributed by atoms with van der Waals surface area (Å²) in [5.41, 5.74) is 4.63. The molecule has 8 heteroatoms. The minimum absolute atomic E-state index is 0.117. The topological polar surface area (TPSA) is 128 Å². The Kier molecular flexibility index (Phi) is 6.23. The third-order valence-electron chi connectivity index (χ3n) is 5.25. The molecule has 8 nitrogen and oxygen atoms in total. The predicted octanol–water partition coefficient (Wildman–Crippen LogP) is 2.80. The summed E-state index contributed by atoms with van der Waals surface area (Å²) in [5.74, 6) is -1.70. The van der Waals surface area contributed by atoms with E-state index in [0.717, 1.165) is 16.7 Å². The number of nitrogens with zero attached hydrogens (tertiary/aromatic N) is 2. The Morgan fingerprint density at radius 3 is 2.31 bits per heavy atom. The van der Waals surface area contributed by atoms with Crippen molar-refractivity contribution in [1.82, 2.24) is 20.7 Å². The highest BCUT2D eigenvalue weighted by Crippen LogP contribution is 2.20. The first-order valence-corrected chi connectivity index (χ1v) is 10.2. The van der Waals surface area contributed by atoms with Crippen LogP contribution >= 0.6 is 0 Å². The summed E-state index contributed by atoms with van der Waals surface area (Å²) < 4.78 is 0. The number of benzene rings is 3. The van der Waals surface area contributed by atoms with Gasteiger partial charge in [-0.15, -0.1) is 0 Å². The van der Waals surface area contributed by atoms with E-state index in [9.17, 15) is 14.7 Å². The van der Waals surface area contributed by atoms with Gasteiger partial charge in [-0.05, 0) is 41.3 Å². The number of carboxylic acid groups (broad SMARTS) is 1. The van der Waals surface area contributed by atoms with Gasteiger partial charge < -0.3 is 15.5 Å². The van der Waals surface area contributed by atoms with Crippen molar-refractivity contribution in [2.45, 2.75) is 25.0 Å². The van der Waals surface area contributed by atoms with E-state index >= 15 is 0 Å². The Morgan fingerprint density at radius 2 is 1.59 bits per heavy atom. The Balaban J connectivity index is 1.50. The molecule has 0 radical (unpaired) electrons. The molecule has 4 rings (SSSR count). The number of aromatic nitrogens is 3. The molecular formula is C24H22N4O4. The SMILES string of the molecule is O=C(NC(Cc1ccc(-c2ccccc2)cc1)C[C@@H](O)C(=O)O)c1ccc2n[nH]nc2c1. The normalized spacial score (nSPS) is 12.9. The summed E-state index contributed by atoms with van der Waals surface area (Å²) in [6.45, 7) is 0. The number of aliphatic carboxylic acids is 1. The van der Waals surface area contributed by atoms with E-state index in [2.05, 4.69) is 20.7 Å². The van der Waals surface area contributed by atoms with Gasteiger partial charge in [-0.3, -0.25) is 4.79 Å². The number of rotatable bonds is 8. The number of hydrogen-bond acceptors (Lipinski definition) is 5. The van der Waals surface area contributed by atoms with Crippen LogP contribution in [0.5, 0.6) is 0 Å². The van der Waals surface area contributed by atoms with Crippen molar-refractivity contribution in [2.24, 2.45) is 0 Å². The van der Waals surface area contributed by atoms with Crippen LogP contribution in [0.15, 0.2) is 72.8 Å². The van der Waals surface area contributed by atoms with Crippen LogP contribution in [0.3, 0.4) is 0 Å². The van der Waals surface area contributed by atoms with Crippen LogP contribution < -0.4 is 5.32 Å². The second kappa shape index (κ2) is 9.40. The average molecular weight is 430 g/mol. The van der Waals surface area contributed by atoms with Crippen molar-refractivity contribution in [2.75, 3.05) is 0 Å². The summed E-state index contributed by atoms with van der Waals surface area (Å²) in [4.78, 5) is 24.0. The number of carbonyl (C=O) groups is 2. The Bertz CT molecular complexity index is 1220. The zero-order chi connectivity index (χ0) is 22.5. The highest BCUT2D eigenvalue weighted by molar-refractivity contribution is 5.97. The lowest BCUT2D eigenvalue weighted by Crippen LogP contribution is -2.40. The number of aliphatic hydroxyl groups is 1. The van der Waals surface area contributed by atoms with E-state index in [-0.39, 0.29) is 12.3 Å². The van der Waals surface area contributed by atoms with Crippen molar-refractivity contribution in [3.8, 4) is 11.1 Å². The summed E-state index contributed by atoms with van der Waals surface area (Å²) >= 11 is 0. The minimum atomic E-state index is -1.58. The zero-order valence-corrected chi connectivity index (χ0v) is 17.1. The first kappa shape index (κ1) is 21.2. The zero-order valence-electron chi connectivity index (χ0n) is 17.1. The standard InChI is InChI=1S/C24H22N4O4/c29-22(24(31)32)14-19(25-23(30)18-10-11-20-21(13-18)27-28-26-20)12-15-6-8-17(9-7-15)16-4-2-1-3-5-16/h1-11,13,19,22,29H,12,14H2,(H,25,30)(H,31,32)(H,26,27,28)/t19?,22-/m1/s1. The van der Waals surface area contributed by atoms with Crippen LogP contribution in [-0.4, -0.2) is 49.6 Å². The monoisotopic (exact) mass is 430 g/mol. The van der Waals surface area contributed by atoms with E-state index in [1.165, 1.54) is 0 Å². The molecule has 1 heterocycles. The van der Waals surface area contributed by atoms with Crippen LogP contribution in [0.4, 0.5) is 0 Å². The second-order valence-corrected chi connectivity index (χ2v) is 7.55. The highest BCUT2D eigenvalue weighted by Gasteiger charge is 2.23. The summed E-state index contributed by atoms with van der Waals surface area (Å²) in [6, 6.07) is 22.1. The first-order chi connectivity index (χ1) is 15.5. The van der Waals surface area contributed by atoms with Crippen molar-refractivity contribution in [3.05, 3.63) is 83.9 Å². The van der Waals surface area contributed by atoms with Crippen LogP contribution in [0.25, 0.3) is 22.2 Å². The molecule has 4 aromatic rings. The smallest absolute Gasteiger partial charge is 0.332 e. The lowest BCUT2D eigenvalue weighted by atomic mass is 9.97. The molecule has 0 aliphatic rings. The minimum Gasteiger partial charge on any atom is -0.479 e. The number of carbonyl (C=O) groups excluding carboxylic acids is 1. The van der Waals surface area contributed by atoms with Gasteiger partial charge in [0.05, 0.1) is 0 Å². The third-order valence-corrected chi connectivity index (χ3v) is 5.25. The maximum Gasteiger partial charge on any atom is 0.332 e. The van der Waals surface area contributed by atoms with Gasteiger partial charge in [0.15, 0.2) is 6.10 Å². The fourth-order valence-electron chi connectivity index (χ4n) is 3.56. The van der Waals surface area contributed by atoms with Crippen molar-refractivity contribution in [3.63, 3.8) is 0 Å². The van der Waals surface area contributed by atoms with Crippen LogP contribution in [0.2, 0.25) is 0 Å². The third kappa shape index (κ3) is 4.98. The molecule has 0 spiro atoms. The quantitative estimate of drug-likeness (QED) is 0.340. The van der Waals surface area contributed by atoms with Gasteiger partial charge in [-0.1, -0.05) is 54.6 Å². The number of aliphatic hydroxyl groups excluding tert-OH is 1. The molecule has 1 amide bonds. The number of amides is 1. The van der Waals surface area contributed by atoms with Gasteiger partial charge in [-0.25, -0.2) is 4.79 Å². The van der Waals surface area contributed by atoms with Crippen LogP contribution in [0.1, 0.15) is 22.3 Å². The molecule has 0 fully saturated rings. The van der Waals surface area contributed by atoms with E-state index in [4.69, 9.17) is 5.11 Å². The molecule has 1 unspecified atom stereocenters. The molecule has 0 saturated carbocycles. The maximum absolute atomic E-state index is 12.8. The van der Waals surface area contributed by atoms with Gasteiger partial charge in [-0.2, -0.15) is 15.4 Å².